The van der Waals surface area contributed by atoms with Crippen LogP contribution in [0.25, 0.3) is 22.3 Å². The summed E-state index contributed by atoms with van der Waals surface area (Å²) in [7, 11) is 0. The summed E-state index contributed by atoms with van der Waals surface area (Å²) in [6.07, 6.45) is 2.93. The van der Waals surface area contributed by atoms with E-state index in [9.17, 15) is 9.18 Å². The normalized spacial score (nSPS) is 10.7. The van der Waals surface area contributed by atoms with Gasteiger partial charge in [-0.1, -0.05) is 11.6 Å². The Morgan fingerprint density at radius 3 is 2.72 bits per heavy atom. The lowest BCUT2D eigenvalue weighted by Crippen LogP contribution is -2.08. The van der Waals surface area contributed by atoms with Crippen LogP contribution in [0, 0.1) is 5.82 Å². The summed E-state index contributed by atoms with van der Waals surface area (Å²) in [5.41, 5.74) is 1.68. The third-order valence-electron chi connectivity index (χ3n) is 4.02. The largest absolute Gasteiger partial charge is 0.339 e. The van der Waals surface area contributed by atoms with Crippen molar-refractivity contribution in [2.75, 3.05) is 10.6 Å². The van der Waals surface area contributed by atoms with Gasteiger partial charge in [-0.2, -0.15) is 0 Å². The highest BCUT2D eigenvalue weighted by atomic mass is 35.5. The predicted molar refractivity (Wildman–Crippen MR) is 110 cm³/mol. The lowest BCUT2D eigenvalue weighted by molar-refractivity contribution is -0.114. The molecule has 0 aliphatic heterocycles. The van der Waals surface area contributed by atoms with Crippen LogP contribution in [0.2, 0.25) is 5.02 Å². The molecule has 144 valence electrons. The van der Waals surface area contributed by atoms with E-state index in [-0.39, 0.29) is 11.5 Å². The summed E-state index contributed by atoms with van der Waals surface area (Å²) in [5.74, 6) is 0.107. The van der Waals surface area contributed by atoms with Gasteiger partial charge in [-0.3, -0.25) is 4.79 Å². The summed E-state index contributed by atoms with van der Waals surface area (Å²) in [6.45, 7) is 1.39. The number of nitrogens with one attached hydrogen (secondary N) is 2. The number of benzene rings is 1. The molecule has 0 saturated heterocycles. The van der Waals surface area contributed by atoms with Crippen LogP contribution in [0.15, 0.2) is 55.0 Å². The number of aromatic nitrogens is 4. The van der Waals surface area contributed by atoms with Gasteiger partial charge in [0.2, 0.25) is 5.91 Å². The number of anilines is 3. The zero-order chi connectivity index (χ0) is 20.4. The Morgan fingerprint density at radius 2 is 1.90 bits per heavy atom. The molecule has 0 fully saturated rings. The van der Waals surface area contributed by atoms with E-state index in [1.807, 2.05) is 6.07 Å². The molecule has 3 aromatic heterocycles. The maximum atomic E-state index is 14.4. The molecule has 4 aromatic rings. The molecule has 0 aliphatic carbocycles. The van der Waals surface area contributed by atoms with Crippen LogP contribution in [-0.2, 0) is 4.79 Å². The maximum Gasteiger partial charge on any atom is 0.222 e. The number of hydrogen-bond acceptors (Lipinski definition) is 6. The van der Waals surface area contributed by atoms with Gasteiger partial charge >= 0.3 is 0 Å². The van der Waals surface area contributed by atoms with E-state index < -0.39 is 5.82 Å². The summed E-state index contributed by atoms with van der Waals surface area (Å²) >= 11 is 6.04. The van der Waals surface area contributed by atoms with E-state index >= 15 is 0 Å². The molecular formula is C20H14ClFN6O. The Balaban J connectivity index is 1.81. The summed E-state index contributed by atoms with van der Waals surface area (Å²) < 4.78 is 14.4. The van der Waals surface area contributed by atoms with E-state index in [1.54, 1.807) is 24.4 Å². The number of halogens is 2. The molecule has 29 heavy (non-hydrogen) atoms. The second kappa shape index (κ2) is 7.76. The number of pyridine rings is 2. The smallest absolute Gasteiger partial charge is 0.222 e. The van der Waals surface area contributed by atoms with Gasteiger partial charge in [0, 0.05) is 35.2 Å². The minimum atomic E-state index is -0.446. The minimum absolute atomic E-state index is 0.244. The molecule has 0 unspecified atom stereocenters. The van der Waals surface area contributed by atoms with Crippen LogP contribution in [0.4, 0.5) is 21.7 Å². The van der Waals surface area contributed by atoms with Crippen molar-refractivity contribution in [1.29, 1.82) is 0 Å². The molecule has 0 spiro atoms. The van der Waals surface area contributed by atoms with E-state index in [0.29, 0.717) is 33.7 Å². The standard InChI is InChI=1S/C20H14ClFN6O/c1-11(29)26-18-9-19(25-10-24-18)27-16-8-17(14-7-12(21)4-5-15(14)22)28-20-13(16)3-2-6-23-20/h2-10H,1H3,(H2,23,24,25,26,27,28,29). The number of carbonyl (C=O) groups is 1. The summed E-state index contributed by atoms with van der Waals surface area (Å²) in [4.78, 5) is 28.2. The molecule has 9 heteroatoms. The summed E-state index contributed by atoms with van der Waals surface area (Å²) in [6, 6.07) is 11.2. The van der Waals surface area contributed by atoms with Crippen molar-refractivity contribution in [2.45, 2.75) is 6.92 Å². The van der Waals surface area contributed by atoms with Crippen molar-refractivity contribution < 1.29 is 9.18 Å². The third kappa shape index (κ3) is 4.12. The maximum absolute atomic E-state index is 14.4. The van der Waals surface area contributed by atoms with Crippen molar-refractivity contribution >= 4 is 45.9 Å². The molecule has 0 atom stereocenters. The zero-order valence-electron chi connectivity index (χ0n) is 15.1. The topological polar surface area (TPSA) is 92.7 Å². The molecule has 0 bridgehead atoms. The van der Waals surface area contributed by atoms with Crippen molar-refractivity contribution in [1.82, 2.24) is 19.9 Å². The van der Waals surface area contributed by atoms with Gasteiger partial charge in [-0.15, -0.1) is 0 Å². The first-order valence-electron chi connectivity index (χ1n) is 8.57. The fraction of sp³-hybridized carbons (Fsp3) is 0.0500. The molecular weight excluding hydrogens is 395 g/mol. The number of hydrogen-bond donors (Lipinski definition) is 2. The molecule has 7 nitrogen and oxygen atoms in total. The number of carbonyl (C=O) groups excluding carboxylic acids is 1. The van der Waals surface area contributed by atoms with Crippen molar-refractivity contribution in [3.05, 3.63) is 65.8 Å². The molecule has 4 rings (SSSR count). The van der Waals surface area contributed by atoms with E-state index in [2.05, 4.69) is 30.6 Å². The lowest BCUT2D eigenvalue weighted by atomic mass is 10.1. The molecule has 0 aliphatic rings. The fourth-order valence-electron chi connectivity index (χ4n) is 2.80. The van der Waals surface area contributed by atoms with E-state index in [0.717, 1.165) is 5.39 Å². The number of rotatable bonds is 4. The van der Waals surface area contributed by atoms with Gasteiger partial charge in [-0.25, -0.2) is 24.3 Å². The van der Waals surface area contributed by atoms with Gasteiger partial charge in [0.05, 0.1) is 11.4 Å². The first-order valence-corrected chi connectivity index (χ1v) is 8.95. The molecule has 0 saturated carbocycles. The number of nitrogens with zero attached hydrogens (tertiary/aromatic N) is 4. The Labute approximate surface area is 170 Å². The second-order valence-electron chi connectivity index (χ2n) is 6.15. The van der Waals surface area contributed by atoms with Crippen molar-refractivity contribution in [3.63, 3.8) is 0 Å². The Kier molecular flexibility index (Phi) is 5.01. The van der Waals surface area contributed by atoms with Crippen LogP contribution in [0.3, 0.4) is 0 Å². The van der Waals surface area contributed by atoms with Gasteiger partial charge in [0.1, 0.15) is 23.8 Å². The Bertz CT molecular complexity index is 1230. The highest BCUT2D eigenvalue weighted by molar-refractivity contribution is 6.30. The van der Waals surface area contributed by atoms with Crippen LogP contribution in [0.1, 0.15) is 6.92 Å². The molecule has 2 N–H and O–H groups in total. The zero-order valence-corrected chi connectivity index (χ0v) is 15.9. The van der Waals surface area contributed by atoms with E-state index in [1.165, 1.54) is 31.5 Å². The summed E-state index contributed by atoms with van der Waals surface area (Å²) in [5, 5.41) is 6.89. The second-order valence-corrected chi connectivity index (χ2v) is 6.58. The number of fused-ring (bicyclic) bond motifs is 1. The Morgan fingerprint density at radius 1 is 1.07 bits per heavy atom. The van der Waals surface area contributed by atoms with Crippen molar-refractivity contribution in [2.24, 2.45) is 0 Å². The van der Waals surface area contributed by atoms with Crippen LogP contribution in [-0.4, -0.2) is 25.8 Å². The van der Waals surface area contributed by atoms with Crippen molar-refractivity contribution in [3.8, 4) is 11.3 Å². The first kappa shape index (κ1) is 18.7. The lowest BCUT2D eigenvalue weighted by Gasteiger charge is -2.12. The first-order chi connectivity index (χ1) is 14.0. The predicted octanol–water partition coefficient (Wildman–Crippen LogP) is 4.58. The van der Waals surface area contributed by atoms with Gasteiger partial charge < -0.3 is 10.6 Å². The van der Waals surface area contributed by atoms with Crippen LogP contribution < -0.4 is 10.6 Å². The van der Waals surface area contributed by atoms with Crippen LogP contribution >= 0.6 is 11.6 Å². The number of amides is 1. The molecule has 3 heterocycles. The molecule has 1 aromatic carbocycles. The highest BCUT2D eigenvalue weighted by Gasteiger charge is 2.13. The van der Waals surface area contributed by atoms with Gasteiger partial charge in [0.25, 0.3) is 0 Å². The highest BCUT2D eigenvalue weighted by Crippen LogP contribution is 2.31. The van der Waals surface area contributed by atoms with Gasteiger partial charge in [-0.05, 0) is 36.4 Å². The molecule has 0 radical (unpaired) electrons. The Hall–Kier alpha value is -3.65. The van der Waals surface area contributed by atoms with E-state index in [4.69, 9.17) is 11.6 Å². The average Bonchev–Trinajstić information content (AvgIpc) is 2.69. The minimum Gasteiger partial charge on any atom is -0.339 e. The average molecular weight is 409 g/mol. The fourth-order valence-corrected chi connectivity index (χ4v) is 2.98. The molecule has 1 amide bonds. The quantitative estimate of drug-likeness (QED) is 0.513. The SMILES string of the molecule is CC(=O)Nc1cc(Nc2cc(-c3cc(Cl)ccc3F)nc3ncccc23)ncn1. The van der Waals surface area contributed by atoms with Crippen LogP contribution in [0.5, 0.6) is 0 Å². The third-order valence-corrected chi connectivity index (χ3v) is 4.26. The monoisotopic (exact) mass is 408 g/mol. The van der Waals surface area contributed by atoms with Gasteiger partial charge in [0.15, 0.2) is 5.65 Å².